The Labute approximate surface area is 158 Å². The maximum Gasteiger partial charge on any atom is 0.144 e. The molecule has 1 aliphatic rings. The first-order valence-electron chi connectivity index (χ1n) is 9.12. The number of rotatable bonds is 2. The molecule has 6 nitrogen and oxygen atoms in total. The summed E-state index contributed by atoms with van der Waals surface area (Å²) < 4.78 is 0. The molecule has 1 aromatic carbocycles. The first kappa shape index (κ1) is 17.4. The highest BCUT2D eigenvalue weighted by molar-refractivity contribution is 5.89. The summed E-state index contributed by atoms with van der Waals surface area (Å²) in [6.07, 6.45) is 3.78. The summed E-state index contributed by atoms with van der Waals surface area (Å²) >= 11 is 0. The van der Waals surface area contributed by atoms with Gasteiger partial charge < -0.3 is 10.0 Å². The molecule has 3 aromatic rings. The minimum absolute atomic E-state index is 0.0594. The van der Waals surface area contributed by atoms with Gasteiger partial charge in [0.25, 0.3) is 0 Å². The molecule has 0 radical (unpaired) electrons. The Balaban J connectivity index is 1.83. The molecule has 0 bridgehead atoms. The Morgan fingerprint density at radius 2 is 2.11 bits per heavy atom. The summed E-state index contributed by atoms with van der Waals surface area (Å²) in [7, 11) is 2.16. The number of aryl methyl sites for hydroxylation is 1. The third-order valence-electron chi connectivity index (χ3n) is 5.36. The molecule has 1 aliphatic heterocycles. The van der Waals surface area contributed by atoms with Gasteiger partial charge in [0.2, 0.25) is 0 Å². The summed E-state index contributed by atoms with van der Waals surface area (Å²) in [5.41, 5.74) is 4.29. The number of hydrogen-bond donors (Lipinski definition) is 1. The lowest BCUT2D eigenvalue weighted by atomic mass is 9.88. The summed E-state index contributed by atoms with van der Waals surface area (Å²) in [4.78, 5) is 6.59. The van der Waals surface area contributed by atoms with E-state index in [1.54, 1.807) is 0 Å². The first-order chi connectivity index (χ1) is 13.1. The molecule has 1 N–H and O–H groups in total. The second-order valence-corrected chi connectivity index (χ2v) is 7.22. The fourth-order valence-electron chi connectivity index (χ4n) is 3.95. The minimum atomic E-state index is -0.0594. The summed E-state index contributed by atoms with van der Waals surface area (Å²) in [6.45, 7) is 4.14. The van der Waals surface area contributed by atoms with Crippen LogP contribution >= 0.6 is 0 Å². The van der Waals surface area contributed by atoms with Gasteiger partial charge >= 0.3 is 0 Å². The van der Waals surface area contributed by atoms with Crippen LogP contribution in [0.1, 0.15) is 35.4 Å². The van der Waals surface area contributed by atoms with E-state index in [9.17, 15) is 5.11 Å². The standard InChI is InChI=1S/C21H21N5O/c1-13-16-6-3-7-17(15-5-4-8-26(2)12-15)20(16)25-24-19(13)21-18(27)9-14(10-22)11-23-21/h3,6-7,9,11,15,27H,4-5,8,12H2,1-2H3/t15-/m1/s1. The van der Waals surface area contributed by atoms with E-state index in [0.717, 1.165) is 36.0 Å². The highest BCUT2D eigenvalue weighted by Gasteiger charge is 2.23. The van der Waals surface area contributed by atoms with Crippen LogP contribution in [0.5, 0.6) is 5.75 Å². The van der Waals surface area contributed by atoms with Crippen LogP contribution < -0.4 is 0 Å². The Hall–Kier alpha value is -3.04. The summed E-state index contributed by atoms with van der Waals surface area (Å²) in [5.74, 6) is 0.393. The van der Waals surface area contributed by atoms with Crippen LogP contribution in [0.25, 0.3) is 22.3 Å². The van der Waals surface area contributed by atoms with Crippen molar-refractivity contribution in [3.05, 3.63) is 47.2 Å². The SMILES string of the molecule is Cc1c(-c2ncc(C#N)cc2O)nnc2c([C@@H]3CCCN(C)C3)cccc12. The van der Waals surface area contributed by atoms with Crippen LogP contribution in [0.2, 0.25) is 0 Å². The van der Waals surface area contributed by atoms with Crippen molar-refractivity contribution in [2.24, 2.45) is 0 Å². The summed E-state index contributed by atoms with van der Waals surface area (Å²) in [6, 6.07) is 9.64. The van der Waals surface area contributed by atoms with Gasteiger partial charge in [-0.05, 0) is 50.4 Å². The number of nitriles is 1. The largest absolute Gasteiger partial charge is 0.506 e. The highest BCUT2D eigenvalue weighted by Crippen LogP contribution is 2.35. The van der Waals surface area contributed by atoms with Crippen molar-refractivity contribution in [3.63, 3.8) is 0 Å². The number of piperidine rings is 1. The number of likely N-dealkylation sites (tertiary alicyclic amines) is 1. The van der Waals surface area contributed by atoms with Gasteiger partial charge in [-0.25, -0.2) is 4.98 Å². The fourth-order valence-corrected chi connectivity index (χ4v) is 3.95. The average Bonchev–Trinajstić information content (AvgIpc) is 2.68. The van der Waals surface area contributed by atoms with Crippen LogP contribution in [-0.4, -0.2) is 45.3 Å². The van der Waals surface area contributed by atoms with Crippen LogP contribution in [-0.2, 0) is 0 Å². The topological polar surface area (TPSA) is 85.9 Å². The van der Waals surface area contributed by atoms with E-state index in [1.807, 2.05) is 19.1 Å². The van der Waals surface area contributed by atoms with Gasteiger partial charge in [0.05, 0.1) is 11.1 Å². The molecule has 6 heteroatoms. The molecular formula is C21H21N5O. The molecule has 3 heterocycles. The van der Waals surface area contributed by atoms with Crippen molar-refractivity contribution in [2.45, 2.75) is 25.7 Å². The number of aromatic nitrogens is 3. The van der Waals surface area contributed by atoms with Gasteiger partial charge in [0, 0.05) is 24.2 Å². The second-order valence-electron chi connectivity index (χ2n) is 7.22. The van der Waals surface area contributed by atoms with Gasteiger partial charge in [0.1, 0.15) is 23.2 Å². The number of pyridine rings is 1. The molecule has 4 rings (SSSR count). The zero-order chi connectivity index (χ0) is 19.0. The lowest BCUT2D eigenvalue weighted by Gasteiger charge is -2.30. The van der Waals surface area contributed by atoms with Crippen molar-refractivity contribution in [1.82, 2.24) is 20.1 Å². The van der Waals surface area contributed by atoms with Crippen molar-refractivity contribution in [2.75, 3.05) is 20.1 Å². The Morgan fingerprint density at radius 3 is 2.85 bits per heavy atom. The van der Waals surface area contributed by atoms with E-state index in [1.165, 1.54) is 24.2 Å². The van der Waals surface area contributed by atoms with Gasteiger partial charge in [-0.1, -0.05) is 18.2 Å². The number of likely N-dealkylation sites (N-methyl/N-ethyl adjacent to an activating group) is 1. The van der Waals surface area contributed by atoms with E-state index in [-0.39, 0.29) is 5.75 Å². The van der Waals surface area contributed by atoms with Crippen molar-refractivity contribution in [1.29, 1.82) is 5.26 Å². The molecule has 0 saturated carbocycles. The predicted molar refractivity (Wildman–Crippen MR) is 103 cm³/mol. The van der Waals surface area contributed by atoms with E-state index in [4.69, 9.17) is 5.26 Å². The summed E-state index contributed by atoms with van der Waals surface area (Å²) in [5, 5.41) is 29.2. The second kappa shape index (κ2) is 6.93. The van der Waals surface area contributed by atoms with Gasteiger partial charge in [0.15, 0.2) is 0 Å². The first-order valence-corrected chi connectivity index (χ1v) is 9.12. The smallest absolute Gasteiger partial charge is 0.144 e. The Bertz CT molecular complexity index is 1060. The van der Waals surface area contributed by atoms with Gasteiger partial charge in [-0.2, -0.15) is 5.26 Å². The van der Waals surface area contributed by atoms with Crippen LogP contribution in [0, 0.1) is 18.3 Å². The zero-order valence-electron chi connectivity index (χ0n) is 15.5. The normalized spacial score (nSPS) is 17.7. The van der Waals surface area contributed by atoms with E-state index < -0.39 is 0 Å². The van der Waals surface area contributed by atoms with Gasteiger partial charge in [-0.15, -0.1) is 10.2 Å². The molecule has 0 aliphatic carbocycles. The lowest BCUT2D eigenvalue weighted by molar-refractivity contribution is 0.251. The number of nitrogens with zero attached hydrogens (tertiary/aromatic N) is 5. The van der Waals surface area contributed by atoms with E-state index >= 15 is 0 Å². The Morgan fingerprint density at radius 1 is 1.26 bits per heavy atom. The molecule has 27 heavy (non-hydrogen) atoms. The molecule has 1 atom stereocenters. The highest BCUT2D eigenvalue weighted by atomic mass is 16.3. The molecule has 1 fully saturated rings. The number of aromatic hydroxyl groups is 1. The van der Waals surface area contributed by atoms with Crippen molar-refractivity contribution in [3.8, 4) is 23.2 Å². The molecule has 0 unspecified atom stereocenters. The molecule has 0 amide bonds. The Kier molecular flexibility index (Phi) is 4.46. The van der Waals surface area contributed by atoms with Crippen molar-refractivity contribution >= 4 is 10.9 Å². The van der Waals surface area contributed by atoms with Gasteiger partial charge in [-0.3, -0.25) is 0 Å². The van der Waals surface area contributed by atoms with E-state index in [0.29, 0.717) is 22.9 Å². The van der Waals surface area contributed by atoms with E-state index in [2.05, 4.69) is 39.3 Å². The molecule has 0 spiro atoms. The number of hydrogen-bond acceptors (Lipinski definition) is 6. The number of benzene rings is 1. The number of fused-ring (bicyclic) bond motifs is 1. The average molecular weight is 359 g/mol. The lowest BCUT2D eigenvalue weighted by Crippen LogP contribution is -2.31. The van der Waals surface area contributed by atoms with Crippen LogP contribution in [0.4, 0.5) is 0 Å². The maximum absolute atomic E-state index is 10.3. The molecular weight excluding hydrogens is 338 g/mol. The van der Waals surface area contributed by atoms with Crippen molar-refractivity contribution < 1.29 is 5.11 Å². The fraction of sp³-hybridized carbons (Fsp3) is 0.333. The zero-order valence-corrected chi connectivity index (χ0v) is 15.5. The third kappa shape index (κ3) is 3.11. The molecule has 136 valence electrons. The molecule has 1 saturated heterocycles. The molecule has 2 aromatic heterocycles. The van der Waals surface area contributed by atoms with Crippen LogP contribution in [0.3, 0.4) is 0 Å². The predicted octanol–water partition coefficient (Wildman–Crippen LogP) is 3.39. The monoisotopic (exact) mass is 359 g/mol. The third-order valence-corrected chi connectivity index (χ3v) is 5.36. The maximum atomic E-state index is 10.3. The van der Waals surface area contributed by atoms with Crippen LogP contribution in [0.15, 0.2) is 30.5 Å². The minimum Gasteiger partial charge on any atom is -0.506 e. The quantitative estimate of drug-likeness (QED) is 0.755.